The van der Waals surface area contributed by atoms with Crippen molar-refractivity contribution < 1.29 is 8.42 Å². The Bertz CT molecular complexity index is 401. The highest BCUT2D eigenvalue weighted by Crippen LogP contribution is 2.15. The normalized spacial score (nSPS) is 11.2. The SMILES string of the molecule is CS(=O)(=O)CCNc1ccccc1N. The van der Waals surface area contributed by atoms with Crippen molar-refractivity contribution in [2.75, 3.05) is 29.6 Å². The van der Waals surface area contributed by atoms with Crippen LogP contribution in [0.4, 0.5) is 11.4 Å². The summed E-state index contributed by atoms with van der Waals surface area (Å²) in [6, 6.07) is 7.26. The van der Waals surface area contributed by atoms with Crippen LogP contribution in [0.2, 0.25) is 0 Å². The third-order valence-electron chi connectivity index (χ3n) is 1.75. The fraction of sp³-hybridized carbons (Fsp3) is 0.333. The summed E-state index contributed by atoms with van der Waals surface area (Å²) >= 11 is 0. The van der Waals surface area contributed by atoms with Gasteiger partial charge in [-0.3, -0.25) is 0 Å². The first kappa shape index (κ1) is 10.8. The Labute approximate surface area is 84.0 Å². The van der Waals surface area contributed by atoms with Crippen molar-refractivity contribution in [3.8, 4) is 0 Å². The molecule has 0 aliphatic carbocycles. The van der Waals surface area contributed by atoms with Crippen molar-refractivity contribution in [3.63, 3.8) is 0 Å². The lowest BCUT2D eigenvalue weighted by molar-refractivity contribution is 0.602. The maximum Gasteiger partial charge on any atom is 0.149 e. The Kier molecular flexibility index (Phi) is 3.35. The molecule has 0 heterocycles. The van der Waals surface area contributed by atoms with Crippen molar-refractivity contribution in [1.82, 2.24) is 0 Å². The van der Waals surface area contributed by atoms with Gasteiger partial charge in [0.1, 0.15) is 9.84 Å². The van der Waals surface area contributed by atoms with Crippen LogP contribution in [0.25, 0.3) is 0 Å². The molecule has 3 N–H and O–H groups in total. The molecular formula is C9H14N2O2S. The Morgan fingerprint density at radius 1 is 1.36 bits per heavy atom. The monoisotopic (exact) mass is 214 g/mol. The van der Waals surface area contributed by atoms with Gasteiger partial charge >= 0.3 is 0 Å². The lowest BCUT2D eigenvalue weighted by Crippen LogP contribution is -2.14. The molecule has 0 aliphatic heterocycles. The van der Waals surface area contributed by atoms with Gasteiger partial charge in [0.05, 0.1) is 17.1 Å². The molecule has 14 heavy (non-hydrogen) atoms. The summed E-state index contributed by atoms with van der Waals surface area (Å²) < 4.78 is 21.7. The molecule has 0 fully saturated rings. The molecule has 0 atom stereocenters. The summed E-state index contributed by atoms with van der Waals surface area (Å²) in [5.74, 6) is 0.112. The summed E-state index contributed by atoms with van der Waals surface area (Å²) in [6.45, 7) is 0.382. The topological polar surface area (TPSA) is 72.2 Å². The number of hydrogen-bond donors (Lipinski definition) is 2. The van der Waals surface area contributed by atoms with Crippen molar-refractivity contribution in [1.29, 1.82) is 0 Å². The Morgan fingerprint density at radius 3 is 2.57 bits per heavy atom. The van der Waals surface area contributed by atoms with Gasteiger partial charge < -0.3 is 11.1 Å². The van der Waals surface area contributed by atoms with Crippen molar-refractivity contribution in [2.24, 2.45) is 0 Å². The molecule has 0 saturated heterocycles. The quantitative estimate of drug-likeness (QED) is 0.725. The minimum absolute atomic E-state index is 0.112. The van der Waals surface area contributed by atoms with Crippen LogP contribution in [0.1, 0.15) is 0 Å². The molecule has 0 bridgehead atoms. The van der Waals surface area contributed by atoms with Gasteiger partial charge in [-0.2, -0.15) is 0 Å². The van der Waals surface area contributed by atoms with Gasteiger partial charge in [0, 0.05) is 12.8 Å². The van der Waals surface area contributed by atoms with E-state index in [1.54, 1.807) is 6.07 Å². The second kappa shape index (κ2) is 4.32. The van der Waals surface area contributed by atoms with Crippen LogP contribution < -0.4 is 11.1 Å². The minimum atomic E-state index is -2.91. The first-order valence-corrected chi connectivity index (χ1v) is 6.31. The molecule has 1 aromatic carbocycles. The highest BCUT2D eigenvalue weighted by Gasteiger charge is 2.02. The molecular weight excluding hydrogens is 200 g/mol. The molecule has 0 aromatic heterocycles. The Morgan fingerprint density at radius 2 is 2.00 bits per heavy atom. The van der Waals surface area contributed by atoms with E-state index in [-0.39, 0.29) is 5.75 Å². The molecule has 0 radical (unpaired) electrons. The smallest absolute Gasteiger partial charge is 0.149 e. The predicted octanol–water partition coefficient (Wildman–Crippen LogP) is 0.725. The average Bonchev–Trinajstić information content (AvgIpc) is 2.06. The average molecular weight is 214 g/mol. The molecule has 0 amide bonds. The van der Waals surface area contributed by atoms with E-state index in [1.807, 2.05) is 18.2 Å². The van der Waals surface area contributed by atoms with Crippen molar-refractivity contribution >= 4 is 21.2 Å². The van der Waals surface area contributed by atoms with Crippen LogP contribution in [0.15, 0.2) is 24.3 Å². The van der Waals surface area contributed by atoms with Gasteiger partial charge in [0.25, 0.3) is 0 Å². The van der Waals surface area contributed by atoms with E-state index < -0.39 is 9.84 Å². The van der Waals surface area contributed by atoms with E-state index in [0.29, 0.717) is 12.2 Å². The second-order valence-corrected chi connectivity index (χ2v) is 5.40. The van der Waals surface area contributed by atoms with Crippen LogP contribution in [-0.4, -0.2) is 27.0 Å². The Hall–Kier alpha value is -1.23. The van der Waals surface area contributed by atoms with E-state index in [9.17, 15) is 8.42 Å². The van der Waals surface area contributed by atoms with Crippen molar-refractivity contribution in [3.05, 3.63) is 24.3 Å². The van der Waals surface area contributed by atoms with Crippen LogP contribution in [0.3, 0.4) is 0 Å². The van der Waals surface area contributed by atoms with E-state index in [1.165, 1.54) is 6.26 Å². The molecule has 1 aromatic rings. The van der Waals surface area contributed by atoms with Crippen LogP contribution >= 0.6 is 0 Å². The largest absolute Gasteiger partial charge is 0.397 e. The molecule has 0 unspecified atom stereocenters. The molecule has 0 aliphatic rings. The Balaban J connectivity index is 2.51. The van der Waals surface area contributed by atoms with E-state index in [4.69, 9.17) is 5.73 Å². The van der Waals surface area contributed by atoms with Gasteiger partial charge in [-0.05, 0) is 12.1 Å². The summed E-state index contributed by atoms with van der Waals surface area (Å²) in [5, 5.41) is 2.97. The standard InChI is InChI=1S/C9H14N2O2S/c1-14(12,13)7-6-11-9-5-3-2-4-8(9)10/h2-5,11H,6-7,10H2,1H3. The fourth-order valence-electron chi connectivity index (χ4n) is 1.03. The van der Waals surface area contributed by atoms with Crippen LogP contribution in [-0.2, 0) is 9.84 Å². The minimum Gasteiger partial charge on any atom is -0.397 e. The van der Waals surface area contributed by atoms with Crippen LogP contribution in [0.5, 0.6) is 0 Å². The van der Waals surface area contributed by atoms with Gasteiger partial charge in [-0.15, -0.1) is 0 Å². The first-order chi connectivity index (χ1) is 6.49. The maximum atomic E-state index is 10.8. The van der Waals surface area contributed by atoms with Gasteiger partial charge in [-0.25, -0.2) is 8.42 Å². The number of rotatable bonds is 4. The van der Waals surface area contributed by atoms with E-state index >= 15 is 0 Å². The number of benzene rings is 1. The summed E-state index contributed by atoms with van der Waals surface area (Å²) in [7, 11) is -2.91. The van der Waals surface area contributed by atoms with Crippen LogP contribution in [0, 0.1) is 0 Å². The van der Waals surface area contributed by atoms with E-state index in [2.05, 4.69) is 5.32 Å². The number of nitrogens with one attached hydrogen (secondary N) is 1. The number of nitrogen functional groups attached to an aromatic ring is 1. The second-order valence-electron chi connectivity index (χ2n) is 3.14. The zero-order chi connectivity index (χ0) is 10.6. The summed E-state index contributed by atoms with van der Waals surface area (Å²) in [6.07, 6.45) is 1.21. The number of hydrogen-bond acceptors (Lipinski definition) is 4. The number of anilines is 2. The molecule has 5 heteroatoms. The molecule has 0 saturated carbocycles. The van der Waals surface area contributed by atoms with Crippen molar-refractivity contribution in [2.45, 2.75) is 0 Å². The number of sulfone groups is 1. The molecule has 4 nitrogen and oxygen atoms in total. The highest BCUT2D eigenvalue weighted by molar-refractivity contribution is 7.90. The third-order valence-corrected chi connectivity index (χ3v) is 2.69. The molecule has 78 valence electrons. The first-order valence-electron chi connectivity index (χ1n) is 4.25. The van der Waals surface area contributed by atoms with E-state index in [0.717, 1.165) is 5.69 Å². The molecule has 0 spiro atoms. The number of para-hydroxylation sites is 2. The molecule has 1 rings (SSSR count). The zero-order valence-corrected chi connectivity index (χ0v) is 8.84. The van der Waals surface area contributed by atoms with Gasteiger partial charge in [0.15, 0.2) is 0 Å². The van der Waals surface area contributed by atoms with Gasteiger partial charge in [0.2, 0.25) is 0 Å². The number of nitrogens with two attached hydrogens (primary N) is 1. The lowest BCUT2D eigenvalue weighted by atomic mass is 10.3. The summed E-state index contributed by atoms with van der Waals surface area (Å²) in [5.41, 5.74) is 7.06. The van der Waals surface area contributed by atoms with Gasteiger partial charge in [-0.1, -0.05) is 12.1 Å². The lowest BCUT2D eigenvalue weighted by Gasteiger charge is -2.07. The third kappa shape index (κ3) is 3.66. The maximum absolute atomic E-state index is 10.8. The predicted molar refractivity (Wildman–Crippen MR) is 59.1 cm³/mol. The highest BCUT2D eigenvalue weighted by atomic mass is 32.2. The zero-order valence-electron chi connectivity index (χ0n) is 8.03. The fourth-order valence-corrected chi connectivity index (χ4v) is 1.50. The summed E-state index contributed by atoms with van der Waals surface area (Å²) in [4.78, 5) is 0.